The number of carboxylic acids is 1. The summed E-state index contributed by atoms with van der Waals surface area (Å²) in [4.78, 5) is 12.8. The summed E-state index contributed by atoms with van der Waals surface area (Å²) >= 11 is 0. The zero-order chi connectivity index (χ0) is 18.9. The first-order valence-electron chi connectivity index (χ1n) is 8.09. The van der Waals surface area contributed by atoms with Crippen molar-refractivity contribution in [2.45, 2.75) is 6.54 Å². The minimum atomic E-state index is -0.911. The molecule has 0 fully saturated rings. The van der Waals surface area contributed by atoms with Crippen LogP contribution in [0.2, 0.25) is 0 Å². The van der Waals surface area contributed by atoms with E-state index < -0.39 is 5.97 Å². The second-order valence-electron chi connectivity index (χ2n) is 5.71. The summed E-state index contributed by atoms with van der Waals surface area (Å²) in [7, 11) is 3.15. The number of rotatable bonds is 9. The van der Waals surface area contributed by atoms with Crippen LogP contribution in [-0.2, 0) is 11.3 Å². The van der Waals surface area contributed by atoms with Gasteiger partial charge >= 0.3 is 5.97 Å². The average molecular weight is 359 g/mol. The van der Waals surface area contributed by atoms with Gasteiger partial charge in [-0.1, -0.05) is 30.4 Å². The van der Waals surface area contributed by atoms with Crippen LogP contribution < -0.4 is 9.47 Å². The molecule has 6 heteroatoms. The fourth-order valence-electron chi connectivity index (χ4n) is 2.52. The third-order valence-electron chi connectivity index (χ3n) is 3.76. The van der Waals surface area contributed by atoms with E-state index in [-0.39, 0.29) is 12.4 Å². The number of carboxylic acid groups (broad SMARTS) is 1. The Morgan fingerprint density at radius 3 is 2.42 bits per heavy atom. The first-order valence-corrected chi connectivity index (χ1v) is 8.09. The van der Waals surface area contributed by atoms with Crippen LogP contribution in [0.15, 0.2) is 48.5 Å². The Kier molecular flexibility index (Phi) is 7.17. The number of nitrogens with zero attached hydrogens (tertiary/aromatic N) is 1. The van der Waals surface area contributed by atoms with Gasteiger partial charge in [0.15, 0.2) is 11.5 Å². The summed E-state index contributed by atoms with van der Waals surface area (Å²) in [5.41, 5.74) is 1.77. The highest BCUT2D eigenvalue weighted by Crippen LogP contribution is 2.27. The van der Waals surface area contributed by atoms with Crippen molar-refractivity contribution in [2.75, 3.05) is 27.3 Å². The van der Waals surface area contributed by atoms with Gasteiger partial charge < -0.3 is 14.6 Å². The van der Waals surface area contributed by atoms with Gasteiger partial charge in [-0.25, -0.2) is 4.39 Å². The van der Waals surface area contributed by atoms with E-state index in [9.17, 15) is 9.18 Å². The van der Waals surface area contributed by atoms with Crippen molar-refractivity contribution in [1.82, 2.24) is 4.90 Å². The van der Waals surface area contributed by atoms with Gasteiger partial charge in [-0.2, -0.15) is 0 Å². The minimum absolute atomic E-state index is 0.104. The predicted molar refractivity (Wildman–Crippen MR) is 97.9 cm³/mol. The Labute approximate surface area is 152 Å². The number of aliphatic carboxylic acids is 1. The number of methoxy groups -OCH3 is 2. The standard InChI is InChI=1S/C20H22FNO4/c1-25-18-10-7-15(12-19(18)26-2)4-3-11-22(14-20(23)24)13-16-5-8-17(21)9-6-16/h3-10,12H,11,13-14H2,1-2H3,(H,23,24). The third kappa shape index (κ3) is 5.89. The lowest BCUT2D eigenvalue weighted by Crippen LogP contribution is -2.29. The Morgan fingerprint density at radius 1 is 1.12 bits per heavy atom. The van der Waals surface area contributed by atoms with Crippen molar-refractivity contribution in [2.24, 2.45) is 0 Å². The number of hydrogen-bond donors (Lipinski definition) is 1. The van der Waals surface area contributed by atoms with Gasteiger partial charge in [0.1, 0.15) is 5.82 Å². The molecule has 26 heavy (non-hydrogen) atoms. The van der Waals surface area contributed by atoms with E-state index in [0.29, 0.717) is 24.6 Å². The molecule has 0 radical (unpaired) electrons. The molecule has 0 unspecified atom stereocenters. The Bertz CT molecular complexity index is 759. The number of carbonyl (C=O) groups is 1. The smallest absolute Gasteiger partial charge is 0.317 e. The van der Waals surface area contributed by atoms with E-state index in [1.165, 1.54) is 12.1 Å². The molecular formula is C20H22FNO4. The van der Waals surface area contributed by atoms with Crippen LogP contribution in [-0.4, -0.2) is 43.3 Å². The molecule has 0 heterocycles. The van der Waals surface area contributed by atoms with Crippen LogP contribution in [0.1, 0.15) is 11.1 Å². The summed E-state index contributed by atoms with van der Waals surface area (Å²) in [5.74, 6) is 0.0512. The van der Waals surface area contributed by atoms with Gasteiger partial charge in [0.05, 0.1) is 20.8 Å². The maximum atomic E-state index is 13.0. The summed E-state index contributed by atoms with van der Waals surface area (Å²) < 4.78 is 23.5. The molecule has 0 aliphatic rings. The number of benzene rings is 2. The largest absolute Gasteiger partial charge is 0.493 e. The minimum Gasteiger partial charge on any atom is -0.493 e. The summed E-state index contributed by atoms with van der Waals surface area (Å²) in [6.07, 6.45) is 3.77. The van der Waals surface area contributed by atoms with Gasteiger partial charge in [-0.3, -0.25) is 9.69 Å². The molecule has 0 aliphatic carbocycles. The quantitative estimate of drug-likeness (QED) is 0.743. The lowest BCUT2D eigenvalue weighted by molar-refractivity contribution is -0.138. The van der Waals surface area contributed by atoms with Gasteiger partial charge in [0, 0.05) is 13.1 Å². The average Bonchev–Trinajstić information content (AvgIpc) is 2.63. The topological polar surface area (TPSA) is 59.0 Å². The maximum Gasteiger partial charge on any atom is 0.317 e. The molecule has 2 aromatic carbocycles. The number of halogens is 1. The normalized spacial score (nSPS) is 11.1. The third-order valence-corrected chi connectivity index (χ3v) is 3.76. The van der Waals surface area contributed by atoms with Crippen molar-refractivity contribution in [3.05, 3.63) is 65.5 Å². The molecule has 0 amide bonds. The van der Waals surface area contributed by atoms with Crippen LogP contribution in [0.3, 0.4) is 0 Å². The van der Waals surface area contributed by atoms with Gasteiger partial charge in [0.2, 0.25) is 0 Å². The van der Waals surface area contributed by atoms with Gasteiger partial charge in [-0.05, 0) is 35.4 Å². The van der Waals surface area contributed by atoms with E-state index in [0.717, 1.165) is 11.1 Å². The van der Waals surface area contributed by atoms with Crippen LogP contribution >= 0.6 is 0 Å². The number of ether oxygens (including phenoxy) is 2. The van der Waals surface area contributed by atoms with Crippen LogP contribution in [0.25, 0.3) is 6.08 Å². The molecule has 0 spiro atoms. The Morgan fingerprint density at radius 2 is 1.81 bits per heavy atom. The van der Waals surface area contributed by atoms with Crippen molar-refractivity contribution < 1.29 is 23.8 Å². The van der Waals surface area contributed by atoms with E-state index in [1.54, 1.807) is 31.3 Å². The molecule has 138 valence electrons. The van der Waals surface area contributed by atoms with Crippen molar-refractivity contribution >= 4 is 12.0 Å². The van der Waals surface area contributed by atoms with E-state index in [1.807, 2.05) is 30.4 Å². The first kappa shape index (κ1) is 19.5. The molecular weight excluding hydrogens is 337 g/mol. The number of hydrogen-bond acceptors (Lipinski definition) is 4. The van der Waals surface area contributed by atoms with Crippen molar-refractivity contribution in [1.29, 1.82) is 0 Å². The van der Waals surface area contributed by atoms with E-state index >= 15 is 0 Å². The van der Waals surface area contributed by atoms with Gasteiger partial charge in [0.25, 0.3) is 0 Å². The zero-order valence-electron chi connectivity index (χ0n) is 14.8. The lowest BCUT2D eigenvalue weighted by Gasteiger charge is -2.18. The highest BCUT2D eigenvalue weighted by atomic mass is 19.1. The van der Waals surface area contributed by atoms with Crippen molar-refractivity contribution in [3.63, 3.8) is 0 Å². The molecule has 2 aromatic rings. The predicted octanol–water partition coefficient (Wildman–Crippen LogP) is 3.44. The second-order valence-corrected chi connectivity index (χ2v) is 5.71. The van der Waals surface area contributed by atoms with Crippen LogP contribution in [0.5, 0.6) is 11.5 Å². The zero-order valence-corrected chi connectivity index (χ0v) is 14.8. The molecule has 0 bridgehead atoms. The molecule has 0 aromatic heterocycles. The summed E-state index contributed by atoms with van der Waals surface area (Å²) in [6.45, 7) is 0.758. The van der Waals surface area contributed by atoms with E-state index in [2.05, 4.69) is 0 Å². The Hall–Kier alpha value is -2.86. The molecule has 5 nitrogen and oxygen atoms in total. The van der Waals surface area contributed by atoms with Crippen molar-refractivity contribution in [3.8, 4) is 11.5 Å². The summed E-state index contributed by atoms with van der Waals surface area (Å²) in [6, 6.07) is 11.6. The fraction of sp³-hybridized carbons (Fsp3) is 0.250. The first-order chi connectivity index (χ1) is 12.5. The van der Waals surface area contributed by atoms with Crippen LogP contribution in [0, 0.1) is 5.82 Å². The molecule has 1 N–H and O–H groups in total. The van der Waals surface area contributed by atoms with Crippen LogP contribution in [0.4, 0.5) is 4.39 Å². The highest BCUT2D eigenvalue weighted by Gasteiger charge is 2.09. The fourth-order valence-corrected chi connectivity index (χ4v) is 2.52. The monoisotopic (exact) mass is 359 g/mol. The molecule has 0 saturated carbocycles. The molecule has 0 saturated heterocycles. The molecule has 0 aliphatic heterocycles. The second kappa shape index (κ2) is 9.58. The molecule has 2 rings (SSSR count). The van der Waals surface area contributed by atoms with E-state index in [4.69, 9.17) is 14.6 Å². The highest BCUT2D eigenvalue weighted by molar-refractivity contribution is 5.69. The lowest BCUT2D eigenvalue weighted by atomic mass is 10.1. The SMILES string of the molecule is COc1ccc(C=CCN(CC(=O)O)Cc2ccc(F)cc2)cc1OC. The molecule has 0 atom stereocenters. The van der Waals surface area contributed by atoms with Gasteiger partial charge in [-0.15, -0.1) is 0 Å². The maximum absolute atomic E-state index is 13.0. The summed E-state index contributed by atoms with van der Waals surface area (Å²) in [5, 5.41) is 9.09. The Balaban J connectivity index is 2.04.